The van der Waals surface area contributed by atoms with Crippen LogP contribution in [-0.2, 0) is 19.4 Å². The van der Waals surface area contributed by atoms with E-state index in [2.05, 4.69) is 56.3 Å². The van der Waals surface area contributed by atoms with E-state index in [1.807, 2.05) is 54.6 Å². The molecule has 2 N–H and O–H groups in total. The highest BCUT2D eigenvalue weighted by Gasteiger charge is 2.47. The fourth-order valence-electron chi connectivity index (χ4n) is 8.71. The van der Waals surface area contributed by atoms with Crippen LogP contribution in [0.5, 0.6) is 5.75 Å². The molecule has 0 saturated carbocycles. The van der Waals surface area contributed by atoms with Gasteiger partial charge in [0, 0.05) is 49.5 Å². The highest BCUT2D eigenvalue weighted by atomic mass is 35.7. The molecule has 1 amide bonds. The van der Waals surface area contributed by atoms with Crippen LogP contribution in [0.2, 0.25) is 0 Å². The Morgan fingerprint density at radius 1 is 0.815 bits per heavy atom. The number of carbonyl (C=O) groups is 1. The zero-order chi connectivity index (χ0) is 45.8. The zero-order valence-electron chi connectivity index (χ0n) is 35.2. The molecule has 2 fully saturated rings. The van der Waals surface area contributed by atoms with Crippen molar-refractivity contribution in [2.45, 2.75) is 50.0 Å². The predicted molar refractivity (Wildman–Crippen MR) is 241 cm³/mol. The minimum Gasteiger partial charge on any atom is -0.406 e. The normalized spacial score (nSPS) is 18.7. The Hall–Kier alpha value is -5.80. The van der Waals surface area contributed by atoms with Gasteiger partial charge in [-0.3, -0.25) is 28.6 Å². The third-order valence-corrected chi connectivity index (χ3v) is 14.2. The first-order chi connectivity index (χ1) is 31.2. The van der Waals surface area contributed by atoms with Crippen molar-refractivity contribution in [2.24, 2.45) is 0 Å². The Labute approximate surface area is 377 Å². The summed E-state index contributed by atoms with van der Waals surface area (Å²) >= 11 is 6.77. The molecule has 3 atom stereocenters. The summed E-state index contributed by atoms with van der Waals surface area (Å²) in [7, 11) is 0. The summed E-state index contributed by atoms with van der Waals surface area (Å²) in [5.41, 5.74) is 2.41. The molecular formula is C48H46ClF3N5O7P. The third-order valence-electron chi connectivity index (χ3n) is 11.7. The number of benzene rings is 5. The van der Waals surface area contributed by atoms with Gasteiger partial charge < -0.3 is 19.3 Å². The van der Waals surface area contributed by atoms with Gasteiger partial charge in [0.15, 0.2) is 6.23 Å². The third kappa shape index (κ3) is 10.4. The molecule has 65 heavy (non-hydrogen) atoms. The van der Waals surface area contributed by atoms with E-state index in [1.165, 1.54) is 29.0 Å². The summed E-state index contributed by atoms with van der Waals surface area (Å²) in [4.78, 5) is 43.9. The SMILES string of the molecule is Cc1cn(C2CN(C(c3ccccc3)(c3ccccc3)c3ccccc3)CC(COP(=O)(Cl)N3CCC(NC(=O)c4cccc(-c5cccc(OC(F)(F)F)c5)c4)CC3)O2)c(=O)[nH]c1=O. The number of aromatic amines is 1. The molecule has 6 aromatic rings. The van der Waals surface area contributed by atoms with Gasteiger partial charge >= 0.3 is 18.9 Å². The molecule has 8 rings (SSSR count). The van der Waals surface area contributed by atoms with Gasteiger partial charge in [0.2, 0.25) is 0 Å². The lowest BCUT2D eigenvalue weighted by molar-refractivity contribution is -0.274. The molecule has 12 nitrogen and oxygen atoms in total. The maximum absolute atomic E-state index is 14.2. The first-order valence-electron chi connectivity index (χ1n) is 21.1. The van der Waals surface area contributed by atoms with Gasteiger partial charge in [0.1, 0.15) is 5.75 Å². The number of alkyl halides is 3. The van der Waals surface area contributed by atoms with Crippen LogP contribution >= 0.6 is 18.1 Å². The van der Waals surface area contributed by atoms with E-state index >= 15 is 0 Å². The standard InChI is InChI=1S/C48H46ClF3N5O7P/c1-33-29-57(46(60)54-44(33)58)43-31-55(47(37-16-5-2-6-17-37,38-18-7-3-8-19-38)39-20-9-4-10-21-39)30-42(63-43)32-62-65(49,61)56-25-23-40(24-26-56)53-45(59)36-15-11-13-34(27-36)35-14-12-22-41(28-35)64-48(50,51)52/h2-22,27-29,40,42-43H,23-26,30-32H2,1H3,(H,53,59)(H,54,58,60). The quantitative estimate of drug-likeness (QED) is 0.0861. The van der Waals surface area contributed by atoms with Crippen LogP contribution in [0, 0.1) is 6.92 Å². The van der Waals surface area contributed by atoms with Crippen molar-refractivity contribution in [3.05, 3.63) is 194 Å². The topological polar surface area (TPSA) is 135 Å². The fraction of sp³-hybridized carbons (Fsp3) is 0.271. The number of ether oxygens (including phenoxy) is 2. The van der Waals surface area contributed by atoms with E-state index in [4.69, 9.17) is 20.5 Å². The summed E-state index contributed by atoms with van der Waals surface area (Å²) in [5.74, 6) is -0.746. The van der Waals surface area contributed by atoms with E-state index in [-0.39, 0.29) is 50.5 Å². The average molecular weight is 928 g/mol. The van der Waals surface area contributed by atoms with Crippen LogP contribution in [0.3, 0.4) is 0 Å². The van der Waals surface area contributed by atoms with Gasteiger partial charge in [-0.1, -0.05) is 115 Å². The number of halogens is 4. The largest absolute Gasteiger partial charge is 0.573 e. The molecule has 338 valence electrons. The number of piperidine rings is 1. The molecule has 3 heterocycles. The van der Waals surface area contributed by atoms with Gasteiger partial charge in [0.05, 0.1) is 18.2 Å². The Kier molecular flexibility index (Phi) is 13.6. The van der Waals surface area contributed by atoms with Crippen LogP contribution in [0.25, 0.3) is 11.1 Å². The van der Waals surface area contributed by atoms with Crippen molar-refractivity contribution >= 4 is 24.0 Å². The number of carbonyl (C=O) groups excluding carboxylic acids is 1. The Bertz CT molecular complexity index is 2680. The highest BCUT2D eigenvalue weighted by Crippen LogP contribution is 2.57. The number of H-pyrrole nitrogens is 1. The van der Waals surface area contributed by atoms with Gasteiger partial charge in [-0.05, 0) is 83.1 Å². The van der Waals surface area contributed by atoms with Gasteiger partial charge in [-0.2, -0.15) is 0 Å². The summed E-state index contributed by atoms with van der Waals surface area (Å²) in [5, 5.41) is 3.02. The van der Waals surface area contributed by atoms with Gasteiger partial charge in [0.25, 0.3) is 11.5 Å². The minimum absolute atomic E-state index is 0.201. The van der Waals surface area contributed by atoms with Crippen molar-refractivity contribution in [3.8, 4) is 16.9 Å². The van der Waals surface area contributed by atoms with E-state index in [9.17, 15) is 32.1 Å². The molecule has 0 aliphatic carbocycles. The Morgan fingerprint density at radius 3 is 1.97 bits per heavy atom. The lowest BCUT2D eigenvalue weighted by Crippen LogP contribution is -2.58. The van der Waals surface area contributed by atoms with Crippen molar-refractivity contribution in [2.75, 3.05) is 32.8 Å². The number of nitrogens with one attached hydrogen (secondary N) is 2. The maximum atomic E-state index is 14.2. The smallest absolute Gasteiger partial charge is 0.406 e. The number of aromatic nitrogens is 2. The molecule has 5 aromatic carbocycles. The number of rotatable bonds is 13. The van der Waals surface area contributed by atoms with E-state index in [0.717, 1.165) is 16.7 Å². The molecule has 0 bridgehead atoms. The lowest BCUT2D eigenvalue weighted by Gasteiger charge is -2.50. The fourth-order valence-corrected chi connectivity index (χ4v) is 10.6. The van der Waals surface area contributed by atoms with Crippen molar-refractivity contribution in [3.63, 3.8) is 0 Å². The molecular weight excluding hydrogens is 882 g/mol. The van der Waals surface area contributed by atoms with Crippen LogP contribution in [-0.4, -0.2) is 76.3 Å². The highest BCUT2D eigenvalue weighted by molar-refractivity contribution is 7.83. The monoisotopic (exact) mass is 927 g/mol. The average Bonchev–Trinajstić information content (AvgIpc) is 3.30. The lowest BCUT2D eigenvalue weighted by atomic mass is 9.75. The molecule has 0 spiro atoms. The molecule has 1 aromatic heterocycles. The van der Waals surface area contributed by atoms with Gasteiger partial charge in [-0.25, -0.2) is 9.46 Å². The van der Waals surface area contributed by atoms with E-state index in [1.54, 1.807) is 41.9 Å². The molecule has 17 heteroatoms. The van der Waals surface area contributed by atoms with E-state index in [0.29, 0.717) is 35.1 Å². The second-order valence-corrected chi connectivity index (χ2v) is 19.0. The minimum atomic E-state index is -4.84. The van der Waals surface area contributed by atoms with Crippen LogP contribution in [0.4, 0.5) is 13.2 Å². The molecule has 2 saturated heterocycles. The number of hydrogen-bond acceptors (Lipinski definition) is 8. The van der Waals surface area contributed by atoms with E-state index < -0.39 is 42.4 Å². The summed E-state index contributed by atoms with van der Waals surface area (Å²) in [6.45, 7) is -1.63. The second-order valence-electron chi connectivity index (χ2n) is 16.0. The number of nitrogens with zero attached hydrogens (tertiary/aromatic N) is 3. The van der Waals surface area contributed by atoms with Crippen LogP contribution in [0.15, 0.2) is 155 Å². The van der Waals surface area contributed by atoms with Crippen molar-refractivity contribution in [1.82, 2.24) is 24.4 Å². The zero-order valence-corrected chi connectivity index (χ0v) is 36.8. The van der Waals surface area contributed by atoms with Crippen LogP contribution < -0.4 is 21.3 Å². The van der Waals surface area contributed by atoms with Crippen LogP contribution in [0.1, 0.15) is 51.7 Å². The molecule has 3 unspecified atom stereocenters. The maximum Gasteiger partial charge on any atom is 0.573 e. The van der Waals surface area contributed by atoms with Gasteiger partial charge in [-0.15, -0.1) is 13.2 Å². The molecule has 0 radical (unpaired) electrons. The molecule has 2 aliphatic rings. The van der Waals surface area contributed by atoms with Crippen molar-refractivity contribution < 1.29 is 36.5 Å². The number of hydrogen-bond donors (Lipinski definition) is 2. The second kappa shape index (κ2) is 19.4. The Balaban J connectivity index is 0.993. The van der Waals surface area contributed by atoms with Crippen molar-refractivity contribution in [1.29, 1.82) is 0 Å². The molecule has 2 aliphatic heterocycles. The number of aryl methyl sites for hydroxylation is 1. The Morgan fingerprint density at radius 2 is 1.38 bits per heavy atom. The summed E-state index contributed by atoms with van der Waals surface area (Å²) in [6.07, 6.45) is -4.25. The summed E-state index contributed by atoms with van der Waals surface area (Å²) < 4.78 is 72.4. The first kappa shape index (κ1) is 45.8. The first-order valence-corrected chi connectivity index (χ1v) is 23.5. The number of morpholine rings is 1. The number of amides is 1. The predicted octanol–water partition coefficient (Wildman–Crippen LogP) is 8.86. The summed E-state index contributed by atoms with van der Waals surface area (Å²) in [6, 6.07) is 41.8.